The van der Waals surface area contributed by atoms with Crippen LogP contribution in [0.2, 0.25) is 0 Å². The van der Waals surface area contributed by atoms with Gasteiger partial charge in [-0.2, -0.15) is 0 Å². The number of hydrogen-bond donors (Lipinski definition) is 0. The molecule has 0 fully saturated rings. The monoisotopic (exact) mass is 395 g/mol. The molecule has 0 aromatic heterocycles. The van der Waals surface area contributed by atoms with Gasteiger partial charge in [-0.3, -0.25) is 0 Å². The van der Waals surface area contributed by atoms with Crippen LogP contribution >= 0.6 is 0 Å². The zero-order valence-corrected chi connectivity index (χ0v) is 12.8. The second-order valence-corrected chi connectivity index (χ2v) is 3.60. The number of benzene rings is 2. The molecule has 24 heavy (non-hydrogen) atoms. The molecule has 0 aliphatic heterocycles. The van der Waals surface area contributed by atoms with E-state index in [0.717, 1.165) is 12.1 Å². The number of carbonyl (C=O) groups is 2. The molecular formula is C14H14CuF2O7. The quantitative estimate of drug-likeness (QED) is 0.529. The molecule has 1 radical (unpaired) electrons. The Morgan fingerprint density at radius 3 is 1.17 bits per heavy atom. The first-order valence-electron chi connectivity index (χ1n) is 5.34. The molecular weight excluding hydrogens is 382 g/mol. The zero-order valence-electron chi connectivity index (χ0n) is 11.8. The number of aromatic carboxylic acids is 2. The smallest absolute Gasteiger partial charge is 0.545 e. The molecule has 0 spiro atoms. The molecule has 0 saturated carbocycles. The summed E-state index contributed by atoms with van der Waals surface area (Å²) in [5, 5.41) is 20.2. The summed E-state index contributed by atoms with van der Waals surface area (Å²) in [4.78, 5) is 20.2. The van der Waals surface area contributed by atoms with E-state index in [4.69, 9.17) is 0 Å². The van der Waals surface area contributed by atoms with Gasteiger partial charge in [0.2, 0.25) is 0 Å². The van der Waals surface area contributed by atoms with Crippen LogP contribution in [-0.4, -0.2) is 28.4 Å². The van der Waals surface area contributed by atoms with Gasteiger partial charge in [0.1, 0.15) is 11.6 Å². The Hall–Kier alpha value is -2.36. The van der Waals surface area contributed by atoms with Crippen molar-refractivity contribution in [1.29, 1.82) is 0 Å². The maximum Gasteiger partial charge on any atom is 2.00 e. The number of rotatable bonds is 2. The van der Waals surface area contributed by atoms with Gasteiger partial charge >= 0.3 is 17.1 Å². The summed E-state index contributed by atoms with van der Waals surface area (Å²) in [5.74, 6) is -3.86. The summed E-state index contributed by atoms with van der Waals surface area (Å²) in [5.41, 5.74) is -0.278. The fourth-order valence-corrected chi connectivity index (χ4v) is 1.23. The van der Waals surface area contributed by atoms with E-state index in [1.807, 2.05) is 0 Å². The molecule has 2 rings (SSSR count). The average Bonchev–Trinajstić information content (AvgIpc) is 2.39. The second kappa shape index (κ2) is 14.2. The number of carboxylic acids is 2. The van der Waals surface area contributed by atoms with Crippen molar-refractivity contribution in [3.05, 3.63) is 71.3 Å². The van der Waals surface area contributed by atoms with Gasteiger partial charge in [-0.1, -0.05) is 24.3 Å². The van der Waals surface area contributed by atoms with Crippen LogP contribution in [0.1, 0.15) is 20.7 Å². The van der Waals surface area contributed by atoms with Crippen molar-refractivity contribution < 1.29 is 62.1 Å². The molecule has 2 aromatic rings. The SMILES string of the molecule is O.O.O.O=C([O-])c1cccc(F)c1.O=C([O-])c1cccc(F)c1.[Cu+2]. The Bertz CT molecular complexity index is 583. The number of halogens is 2. The maximum atomic E-state index is 12.2. The Labute approximate surface area is 146 Å². The third-order valence-electron chi connectivity index (χ3n) is 2.12. The van der Waals surface area contributed by atoms with E-state index < -0.39 is 23.6 Å². The van der Waals surface area contributed by atoms with Gasteiger partial charge in [-0.25, -0.2) is 8.78 Å². The summed E-state index contributed by atoms with van der Waals surface area (Å²) in [6.45, 7) is 0. The van der Waals surface area contributed by atoms with Crippen LogP contribution in [0.5, 0.6) is 0 Å². The summed E-state index contributed by atoms with van der Waals surface area (Å²) in [6, 6.07) is 9.36. The molecule has 10 heteroatoms. The zero-order chi connectivity index (χ0) is 15.1. The Morgan fingerprint density at radius 1 is 0.708 bits per heavy atom. The van der Waals surface area contributed by atoms with Crippen molar-refractivity contribution in [3.8, 4) is 0 Å². The van der Waals surface area contributed by atoms with Crippen molar-refractivity contribution in [2.75, 3.05) is 0 Å². The molecule has 0 atom stereocenters. The summed E-state index contributed by atoms with van der Waals surface area (Å²) in [7, 11) is 0. The van der Waals surface area contributed by atoms with Crippen molar-refractivity contribution in [3.63, 3.8) is 0 Å². The molecule has 0 bridgehead atoms. The van der Waals surface area contributed by atoms with Crippen LogP contribution in [0.3, 0.4) is 0 Å². The van der Waals surface area contributed by atoms with Crippen LogP contribution < -0.4 is 10.2 Å². The molecule has 0 aliphatic rings. The third-order valence-corrected chi connectivity index (χ3v) is 2.12. The molecule has 0 heterocycles. The Kier molecular flexibility index (Phi) is 17.6. The van der Waals surface area contributed by atoms with E-state index in [2.05, 4.69) is 0 Å². The van der Waals surface area contributed by atoms with Crippen molar-refractivity contribution in [2.45, 2.75) is 0 Å². The fourth-order valence-electron chi connectivity index (χ4n) is 1.23. The van der Waals surface area contributed by atoms with Gasteiger partial charge in [0.15, 0.2) is 0 Å². The van der Waals surface area contributed by atoms with Crippen LogP contribution in [0.15, 0.2) is 48.5 Å². The van der Waals surface area contributed by atoms with E-state index >= 15 is 0 Å². The van der Waals surface area contributed by atoms with E-state index in [9.17, 15) is 28.6 Å². The standard InChI is InChI=1S/2C7H5FO2.Cu.3H2O/c2*8-6-3-1-2-5(4-6)7(9)10;;;;/h2*1-4H,(H,9,10);;3*1H2/q;;+2;;;/p-2. The molecule has 7 nitrogen and oxygen atoms in total. The van der Waals surface area contributed by atoms with Crippen LogP contribution in [0.25, 0.3) is 0 Å². The van der Waals surface area contributed by atoms with Crippen molar-refractivity contribution >= 4 is 11.9 Å². The minimum absolute atomic E-state index is 0. The molecule has 2 aromatic carbocycles. The van der Waals surface area contributed by atoms with E-state index in [0.29, 0.717) is 0 Å². The first kappa shape index (κ1) is 29.6. The van der Waals surface area contributed by atoms with E-state index in [1.54, 1.807) is 0 Å². The summed E-state index contributed by atoms with van der Waals surface area (Å²) >= 11 is 0. The van der Waals surface area contributed by atoms with Crippen LogP contribution in [0, 0.1) is 11.6 Å². The average molecular weight is 396 g/mol. The first-order valence-corrected chi connectivity index (χ1v) is 5.34. The van der Waals surface area contributed by atoms with Gasteiger partial charge in [0.05, 0.1) is 11.9 Å². The largest absolute Gasteiger partial charge is 2.00 e. The van der Waals surface area contributed by atoms with Crippen molar-refractivity contribution in [1.82, 2.24) is 0 Å². The van der Waals surface area contributed by atoms with E-state index in [-0.39, 0.29) is 44.6 Å². The topological polar surface area (TPSA) is 175 Å². The van der Waals surface area contributed by atoms with Gasteiger partial charge in [-0.05, 0) is 24.3 Å². The molecule has 0 amide bonds. The maximum absolute atomic E-state index is 12.2. The van der Waals surface area contributed by atoms with Gasteiger partial charge in [0.25, 0.3) is 0 Å². The number of carboxylic acid groups (broad SMARTS) is 2. The molecule has 6 N–H and O–H groups in total. The molecule has 0 unspecified atom stereocenters. The predicted octanol–water partition coefficient (Wildman–Crippen LogP) is -2.10. The second-order valence-electron chi connectivity index (χ2n) is 3.60. The van der Waals surface area contributed by atoms with Gasteiger partial charge in [0, 0.05) is 11.1 Å². The van der Waals surface area contributed by atoms with Crippen LogP contribution in [0.4, 0.5) is 8.78 Å². The predicted molar refractivity (Wildman–Crippen MR) is 72.3 cm³/mol. The van der Waals surface area contributed by atoms with Crippen LogP contribution in [-0.2, 0) is 17.1 Å². The minimum atomic E-state index is -1.36. The Balaban J connectivity index is -0.000000143. The summed E-state index contributed by atoms with van der Waals surface area (Å²) < 4.78 is 24.5. The summed E-state index contributed by atoms with van der Waals surface area (Å²) in [6.07, 6.45) is 0. The normalized spacial score (nSPS) is 7.75. The number of carbonyl (C=O) groups excluding carboxylic acids is 2. The first-order chi connectivity index (χ1) is 9.40. The molecule has 0 saturated heterocycles. The molecule has 137 valence electrons. The minimum Gasteiger partial charge on any atom is -0.545 e. The Morgan fingerprint density at radius 2 is 1.00 bits per heavy atom. The number of hydrogen-bond acceptors (Lipinski definition) is 4. The van der Waals surface area contributed by atoms with Crippen molar-refractivity contribution in [2.24, 2.45) is 0 Å². The fraction of sp³-hybridized carbons (Fsp3) is 0. The van der Waals surface area contributed by atoms with Gasteiger partial charge < -0.3 is 36.2 Å². The van der Waals surface area contributed by atoms with Gasteiger partial charge in [-0.15, -0.1) is 0 Å². The third kappa shape index (κ3) is 10.4. The van der Waals surface area contributed by atoms with E-state index in [1.165, 1.54) is 36.4 Å². The molecule has 0 aliphatic carbocycles.